The molecule has 3 aromatic rings. The highest BCUT2D eigenvalue weighted by Gasteiger charge is 2.36. The van der Waals surface area contributed by atoms with Crippen LogP contribution < -0.4 is 14.8 Å². The van der Waals surface area contributed by atoms with E-state index in [1.54, 1.807) is 18.7 Å². The molecule has 0 atom stereocenters. The number of nitrogens with zero attached hydrogens (tertiary/aromatic N) is 3. The van der Waals surface area contributed by atoms with Crippen LogP contribution in [0.3, 0.4) is 0 Å². The van der Waals surface area contributed by atoms with Crippen LogP contribution in [0, 0.1) is 0 Å². The minimum Gasteiger partial charge on any atom is -0.493 e. The lowest BCUT2D eigenvalue weighted by Crippen LogP contribution is -2.23. The molecule has 1 fully saturated rings. The van der Waals surface area contributed by atoms with Gasteiger partial charge in [0.1, 0.15) is 5.82 Å². The zero-order valence-corrected chi connectivity index (χ0v) is 16.5. The van der Waals surface area contributed by atoms with Gasteiger partial charge in [0.25, 0.3) is 0 Å². The van der Waals surface area contributed by atoms with Crippen molar-refractivity contribution in [3.63, 3.8) is 0 Å². The van der Waals surface area contributed by atoms with Crippen LogP contribution in [0.2, 0.25) is 0 Å². The summed E-state index contributed by atoms with van der Waals surface area (Å²) >= 11 is 0. The molecule has 0 spiro atoms. The summed E-state index contributed by atoms with van der Waals surface area (Å²) in [6, 6.07) is 9.49. The molecule has 154 valence electrons. The van der Waals surface area contributed by atoms with Gasteiger partial charge in [0, 0.05) is 37.6 Å². The van der Waals surface area contributed by atoms with Gasteiger partial charge in [0.15, 0.2) is 17.1 Å². The highest BCUT2D eigenvalue weighted by atomic mass is 19.3. The summed E-state index contributed by atoms with van der Waals surface area (Å²) < 4.78 is 39.1. The predicted molar refractivity (Wildman–Crippen MR) is 106 cm³/mol. The first-order chi connectivity index (χ1) is 14.0. The molecular formula is C21H24F2N4O2. The van der Waals surface area contributed by atoms with E-state index in [0.717, 1.165) is 11.3 Å². The number of hydrogen-bond acceptors (Lipinski definition) is 5. The number of halogens is 2. The lowest BCUT2D eigenvalue weighted by Gasteiger charge is -2.26. The van der Waals surface area contributed by atoms with Gasteiger partial charge in [-0.05, 0) is 36.6 Å². The Kier molecular flexibility index (Phi) is 5.25. The van der Waals surface area contributed by atoms with Crippen molar-refractivity contribution in [2.75, 3.05) is 19.5 Å². The summed E-state index contributed by atoms with van der Waals surface area (Å²) in [6.07, 6.45) is 2.61. The first kappa shape index (κ1) is 19.4. The largest absolute Gasteiger partial charge is 0.493 e. The summed E-state index contributed by atoms with van der Waals surface area (Å²) in [6.45, 7) is 0.572. The molecule has 0 amide bonds. The second kappa shape index (κ2) is 7.85. The van der Waals surface area contributed by atoms with Crippen molar-refractivity contribution < 1.29 is 18.3 Å². The van der Waals surface area contributed by atoms with E-state index in [2.05, 4.69) is 15.4 Å². The molecule has 8 heteroatoms. The Bertz CT molecular complexity index is 996. The fourth-order valence-electron chi connectivity index (χ4n) is 3.72. The van der Waals surface area contributed by atoms with E-state index in [0.29, 0.717) is 42.4 Å². The number of ether oxygens (including phenoxy) is 2. The molecule has 6 nitrogen and oxygen atoms in total. The normalized spacial score (nSPS) is 16.7. The van der Waals surface area contributed by atoms with Gasteiger partial charge >= 0.3 is 0 Å². The summed E-state index contributed by atoms with van der Waals surface area (Å²) in [4.78, 5) is 4.60. The van der Waals surface area contributed by atoms with Crippen molar-refractivity contribution in [1.82, 2.24) is 14.6 Å². The zero-order valence-electron chi connectivity index (χ0n) is 16.5. The molecule has 1 N–H and O–H groups in total. The maximum absolute atomic E-state index is 13.4. The smallest absolute Gasteiger partial charge is 0.248 e. The number of rotatable bonds is 6. The van der Waals surface area contributed by atoms with Crippen molar-refractivity contribution in [3.8, 4) is 11.5 Å². The molecule has 0 aliphatic heterocycles. The van der Waals surface area contributed by atoms with Crippen LogP contribution in [0.5, 0.6) is 11.5 Å². The Morgan fingerprint density at radius 1 is 1.10 bits per heavy atom. The Balaban J connectivity index is 1.45. The maximum Gasteiger partial charge on any atom is 0.248 e. The molecule has 29 heavy (non-hydrogen) atoms. The lowest BCUT2D eigenvalue weighted by molar-refractivity contribution is -0.0385. The molecule has 0 radical (unpaired) electrons. The summed E-state index contributed by atoms with van der Waals surface area (Å²) in [5.74, 6) is -0.389. The third-order valence-corrected chi connectivity index (χ3v) is 5.40. The third kappa shape index (κ3) is 4.26. The van der Waals surface area contributed by atoms with E-state index in [1.165, 1.54) is 0 Å². The molecule has 2 aromatic heterocycles. The average molecular weight is 402 g/mol. The highest BCUT2D eigenvalue weighted by Crippen LogP contribution is 2.40. The first-order valence-corrected chi connectivity index (χ1v) is 9.66. The molecule has 1 saturated carbocycles. The third-order valence-electron chi connectivity index (χ3n) is 5.40. The van der Waals surface area contributed by atoms with Crippen molar-refractivity contribution in [1.29, 1.82) is 0 Å². The maximum atomic E-state index is 13.4. The van der Waals surface area contributed by atoms with Crippen LogP contribution in [-0.4, -0.2) is 34.7 Å². The molecule has 0 bridgehead atoms. The van der Waals surface area contributed by atoms with Crippen molar-refractivity contribution in [3.05, 3.63) is 47.8 Å². The van der Waals surface area contributed by atoms with Crippen molar-refractivity contribution in [2.45, 2.75) is 44.1 Å². The Morgan fingerprint density at radius 3 is 2.59 bits per heavy atom. The summed E-state index contributed by atoms with van der Waals surface area (Å²) in [7, 11) is 3.21. The first-order valence-electron chi connectivity index (χ1n) is 9.66. The molecule has 0 unspecified atom stereocenters. The van der Waals surface area contributed by atoms with Crippen LogP contribution in [0.1, 0.15) is 42.9 Å². The van der Waals surface area contributed by atoms with Gasteiger partial charge in [-0.3, -0.25) is 0 Å². The Morgan fingerprint density at radius 2 is 1.86 bits per heavy atom. The number of anilines is 1. The topological polar surface area (TPSA) is 60.7 Å². The molecule has 2 heterocycles. The number of methoxy groups -OCH3 is 2. The van der Waals surface area contributed by atoms with Crippen molar-refractivity contribution in [2.24, 2.45) is 0 Å². The van der Waals surface area contributed by atoms with E-state index in [9.17, 15) is 8.78 Å². The van der Waals surface area contributed by atoms with Crippen molar-refractivity contribution >= 4 is 11.5 Å². The molecule has 1 aromatic carbocycles. The fourth-order valence-corrected chi connectivity index (χ4v) is 3.72. The Hall–Kier alpha value is -2.90. The van der Waals surface area contributed by atoms with Crippen LogP contribution in [0.4, 0.5) is 14.6 Å². The molecule has 1 aliphatic rings. The van der Waals surface area contributed by atoms with E-state index in [1.807, 2.05) is 36.5 Å². The minimum atomic E-state index is -2.53. The Labute approximate surface area is 167 Å². The summed E-state index contributed by atoms with van der Waals surface area (Å²) in [5.41, 5.74) is 2.57. The van der Waals surface area contributed by atoms with Gasteiger partial charge in [-0.1, -0.05) is 6.07 Å². The molecule has 1 aliphatic carbocycles. The predicted octanol–water partition coefficient (Wildman–Crippen LogP) is 4.65. The van der Waals surface area contributed by atoms with Gasteiger partial charge in [-0.25, -0.2) is 18.3 Å². The van der Waals surface area contributed by atoms with Gasteiger partial charge in [0.2, 0.25) is 5.92 Å². The van der Waals surface area contributed by atoms with E-state index >= 15 is 0 Å². The minimum absolute atomic E-state index is 0.0690. The van der Waals surface area contributed by atoms with Gasteiger partial charge in [0.05, 0.1) is 19.9 Å². The number of hydrogen-bond donors (Lipinski definition) is 1. The van der Waals surface area contributed by atoms with E-state index < -0.39 is 5.92 Å². The lowest BCUT2D eigenvalue weighted by atomic mass is 9.85. The van der Waals surface area contributed by atoms with Crippen LogP contribution in [0.25, 0.3) is 5.65 Å². The van der Waals surface area contributed by atoms with Crippen LogP contribution in [0.15, 0.2) is 36.5 Å². The standard InChI is InChI=1S/C21H24F2N4O2/c1-28-17-4-3-14(11-18(17)29-2)13-24-19-7-10-27-20(25-19)12-16(26-27)15-5-8-21(22,23)9-6-15/h3-4,7,10-12,15H,5-6,8-9,13H2,1-2H3,(H,24,25). The SMILES string of the molecule is COc1ccc(CNc2ccn3nc(C4CCC(F)(F)CC4)cc3n2)cc1OC. The fraction of sp³-hybridized carbons (Fsp3) is 0.429. The van der Waals surface area contributed by atoms with E-state index in [-0.39, 0.29) is 18.8 Å². The number of benzene rings is 1. The van der Waals surface area contributed by atoms with Gasteiger partial charge in [-0.2, -0.15) is 5.10 Å². The zero-order chi connectivity index (χ0) is 20.4. The quantitative estimate of drug-likeness (QED) is 0.650. The monoisotopic (exact) mass is 402 g/mol. The number of alkyl halides is 2. The second-order valence-electron chi connectivity index (χ2n) is 7.36. The van der Waals surface area contributed by atoms with Gasteiger partial charge < -0.3 is 14.8 Å². The van der Waals surface area contributed by atoms with Crippen LogP contribution >= 0.6 is 0 Å². The average Bonchev–Trinajstić information content (AvgIpc) is 3.15. The molecule has 4 rings (SSSR count). The number of aromatic nitrogens is 3. The number of fused-ring (bicyclic) bond motifs is 1. The molecule has 0 saturated heterocycles. The second-order valence-corrected chi connectivity index (χ2v) is 7.36. The number of nitrogens with one attached hydrogen (secondary N) is 1. The molecular weight excluding hydrogens is 378 g/mol. The summed E-state index contributed by atoms with van der Waals surface area (Å²) in [5, 5.41) is 7.83. The van der Waals surface area contributed by atoms with Gasteiger partial charge in [-0.15, -0.1) is 0 Å². The van der Waals surface area contributed by atoms with E-state index in [4.69, 9.17) is 9.47 Å². The van der Waals surface area contributed by atoms with Crippen LogP contribution in [-0.2, 0) is 6.54 Å². The highest BCUT2D eigenvalue weighted by molar-refractivity contribution is 5.49.